The Morgan fingerprint density at radius 1 is 1.42 bits per heavy atom. The molecule has 3 rings (SSSR count). The second-order valence-corrected chi connectivity index (χ2v) is 5.76. The van der Waals surface area contributed by atoms with Crippen LogP contribution >= 0.6 is 0 Å². The summed E-state index contributed by atoms with van der Waals surface area (Å²) in [4.78, 5) is 28.8. The molecule has 2 aliphatic rings. The van der Waals surface area contributed by atoms with Gasteiger partial charge in [-0.15, -0.1) is 0 Å². The van der Waals surface area contributed by atoms with Crippen molar-refractivity contribution in [1.29, 1.82) is 0 Å². The van der Waals surface area contributed by atoms with Crippen LogP contribution in [0.3, 0.4) is 0 Å². The van der Waals surface area contributed by atoms with Gasteiger partial charge in [-0.1, -0.05) is 6.07 Å². The summed E-state index contributed by atoms with van der Waals surface area (Å²) in [5.41, 5.74) is 4.62. The summed E-state index contributed by atoms with van der Waals surface area (Å²) >= 11 is 0. The number of rotatable bonds is 3. The number of aliphatic imine (C=N–C) groups is 1. The lowest BCUT2D eigenvalue weighted by molar-refractivity contribution is -0.129. The number of ether oxygens (including phenoxy) is 1. The second kappa shape index (κ2) is 6.23. The van der Waals surface area contributed by atoms with E-state index >= 15 is 0 Å². The van der Waals surface area contributed by atoms with Crippen molar-refractivity contribution in [1.82, 2.24) is 15.8 Å². The Kier molecular flexibility index (Phi) is 4.11. The number of fused-ring (bicyclic) bond motifs is 1. The average Bonchev–Trinajstić information content (AvgIpc) is 2.98. The van der Waals surface area contributed by atoms with E-state index in [4.69, 9.17) is 4.74 Å². The van der Waals surface area contributed by atoms with Crippen LogP contribution in [0.1, 0.15) is 20.3 Å². The number of hydrogen-bond acceptors (Lipinski definition) is 6. The number of hydrogen-bond donors (Lipinski definition) is 3. The molecule has 2 aliphatic heterocycles. The number of benzene rings is 1. The predicted octanol–water partition coefficient (Wildman–Crippen LogP) is 0.950. The van der Waals surface area contributed by atoms with Gasteiger partial charge >= 0.3 is 0 Å². The van der Waals surface area contributed by atoms with Gasteiger partial charge in [-0.3, -0.25) is 20.3 Å². The van der Waals surface area contributed by atoms with E-state index in [2.05, 4.69) is 21.1 Å². The van der Waals surface area contributed by atoms with Crippen molar-refractivity contribution in [2.75, 3.05) is 12.4 Å². The van der Waals surface area contributed by atoms with Gasteiger partial charge in [0.2, 0.25) is 17.8 Å². The highest BCUT2D eigenvalue weighted by Gasteiger charge is 2.39. The number of anilines is 1. The van der Waals surface area contributed by atoms with Gasteiger partial charge < -0.3 is 10.1 Å². The number of amides is 2. The average molecular weight is 329 g/mol. The monoisotopic (exact) mass is 329 g/mol. The fraction of sp³-hybridized carbons (Fsp3) is 0.312. The van der Waals surface area contributed by atoms with Gasteiger partial charge in [-0.05, 0) is 31.6 Å². The number of nitrogens with one attached hydrogen (secondary N) is 3. The summed E-state index contributed by atoms with van der Waals surface area (Å²) < 4.78 is 5.15. The molecule has 1 aromatic rings. The van der Waals surface area contributed by atoms with Crippen molar-refractivity contribution in [3.05, 3.63) is 35.7 Å². The number of nitrogens with zero attached hydrogens (tertiary/aromatic N) is 2. The minimum Gasteiger partial charge on any atom is -0.497 e. The van der Waals surface area contributed by atoms with Crippen molar-refractivity contribution >= 4 is 23.5 Å². The topological polar surface area (TPSA) is 95.1 Å². The van der Waals surface area contributed by atoms with E-state index in [9.17, 15) is 9.59 Å². The van der Waals surface area contributed by atoms with Crippen LogP contribution in [0.4, 0.5) is 5.69 Å². The third-order valence-corrected chi connectivity index (χ3v) is 3.73. The molecule has 3 N–H and O–H groups in total. The highest BCUT2D eigenvalue weighted by molar-refractivity contribution is 6.07. The molecule has 2 heterocycles. The van der Waals surface area contributed by atoms with Crippen molar-refractivity contribution < 1.29 is 14.3 Å². The first kappa shape index (κ1) is 15.9. The van der Waals surface area contributed by atoms with Crippen LogP contribution in [0.25, 0.3) is 0 Å². The molecule has 0 saturated carbocycles. The molecule has 1 aromatic carbocycles. The third-order valence-electron chi connectivity index (χ3n) is 3.73. The standard InChI is InChI=1S/C16H19N5O3/c1-9(2)14-19-16-18-13(22)8-12(21(16)20-14)15(23)17-10-5-4-6-11(7-10)24-3/h4-7,12,20H,8H2,1-3H3,(H,17,23)(H,18,19,22)/t12-/m0/s1. The quantitative estimate of drug-likeness (QED) is 0.767. The third kappa shape index (κ3) is 3.03. The zero-order chi connectivity index (χ0) is 17.3. The van der Waals surface area contributed by atoms with Crippen molar-refractivity contribution in [3.63, 3.8) is 0 Å². The fourth-order valence-corrected chi connectivity index (χ4v) is 2.47. The summed E-state index contributed by atoms with van der Waals surface area (Å²) in [6.07, 6.45) is 0.0395. The van der Waals surface area contributed by atoms with Crippen LogP contribution < -0.4 is 20.8 Å². The first-order valence-corrected chi connectivity index (χ1v) is 7.55. The SMILES string of the molecule is COc1cccc(NC(=O)[C@@H]2CC(=O)NC3=NC(=C(C)C)NN32)c1. The predicted molar refractivity (Wildman–Crippen MR) is 89.0 cm³/mol. The van der Waals surface area contributed by atoms with E-state index in [0.29, 0.717) is 23.2 Å². The van der Waals surface area contributed by atoms with E-state index in [-0.39, 0.29) is 18.2 Å². The fourth-order valence-electron chi connectivity index (χ4n) is 2.47. The summed E-state index contributed by atoms with van der Waals surface area (Å²) in [6.45, 7) is 3.80. The number of methoxy groups -OCH3 is 1. The summed E-state index contributed by atoms with van der Waals surface area (Å²) in [5.74, 6) is 1.07. The van der Waals surface area contributed by atoms with Crippen LogP contribution in [0.2, 0.25) is 0 Å². The molecule has 8 nitrogen and oxygen atoms in total. The number of carbonyl (C=O) groups excluding carboxylic acids is 2. The number of hydrazine groups is 1. The smallest absolute Gasteiger partial charge is 0.249 e. The lowest BCUT2D eigenvalue weighted by Crippen LogP contribution is -2.61. The highest BCUT2D eigenvalue weighted by atomic mass is 16.5. The maximum Gasteiger partial charge on any atom is 0.249 e. The Labute approximate surface area is 139 Å². The van der Waals surface area contributed by atoms with Gasteiger partial charge in [0.15, 0.2) is 0 Å². The van der Waals surface area contributed by atoms with Crippen molar-refractivity contribution in [2.24, 2.45) is 4.99 Å². The van der Waals surface area contributed by atoms with Crippen molar-refractivity contribution in [3.8, 4) is 5.75 Å². The zero-order valence-electron chi connectivity index (χ0n) is 13.7. The Balaban J connectivity index is 1.80. The Hall–Kier alpha value is -3.03. The number of allylic oxidation sites excluding steroid dienone is 1. The zero-order valence-corrected chi connectivity index (χ0v) is 13.7. The lowest BCUT2D eigenvalue weighted by atomic mass is 10.1. The minimum absolute atomic E-state index is 0.0395. The molecule has 0 bridgehead atoms. The van der Waals surface area contributed by atoms with Crippen LogP contribution in [-0.4, -0.2) is 35.9 Å². The molecule has 1 atom stereocenters. The van der Waals surface area contributed by atoms with Gasteiger partial charge in [-0.2, -0.15) is 4.99 Å². The first-order chi connectivity index (χ1) is 11.5. The van der Waals surface area contributed by atoms with E-state index in [1.807, 2.05) is 13.8 Å². The minimum atomic E-state index is -0.694. The van der Waals surface area contributed by atoms with Crippen LogP contribution in [0, 0.1) is 0 Å². The maximum atomic E-state index is 12.6. The Morgan fingerprint density at radius 2 is 2.21 bits per heavy atom. The molecule has 24 heavy (non-hydrogen) atoms. The van der Waals surface area contributed by atoms with Gasteiger partial charge in [0.05, 0.1) is 13.5 Å². The van der Waals surface area contributed by atoms with Gasteiger partial charge in [-0.25, -0.2) is 5.01 Å². The van der Waals surface area contributed by atoms with Gasteiger partial charge in [0.1, 0.15) is 17.6 Å². The molecule has 126 valence electrons. The normalized spacial score (nSPS) is 19.0. The summed E-state index contributed by atoms with van der Waals surface area (Å²) in [6, 6.07) is 6.36. The van der Waals surface area contributed by atoms with Crippen LogP contribution in [0.5, 0.6) is 5.75 Å². The van der Waals surface area contributed by atoms with Crippen LogP contribution in [0.15, 0.2) is 40.7 Å². The number of carbonyl (C=O) groups is 2. The largest absolute Gasteiger partial charge is 0.497 e. The van der Waals surface area contributed by atoms with Gasteiger partial charge in [0.25, 0.3) is 0 Å². The molecule has 1 fully saturated rings. The Morgan fingerprint density at radius 3 is 2.92 bits per heavy atom. The van der Waals surface area contributed by atoms with Gasteiger partial charge in [0, 0.05) is 11.8 Å². The molecular weight excluding hydrogens is 310 g/mol. The molecule has 1 saturated heterocycles. The summed E-state index contributed by atoms with van der Waals surface area (Å²) in [7, 11) is 1.56. The summed E-state index contributed by atoms with van der Waals surface area (Å²) in [5, 5.41) is 7.06. The number of guanidine groups is 1. The van der Waals surface area contributed by atoms with E-state index in [1.54, 1.807) is 36.4 Å². The molecule has 0 unspecified atom stereocenters. The molecule has 2 amide bonds. The maximum absolute atomic E-state index is 12.6. The second-order valence-electron chi connectivity index (χ2n) is 5.76. The molecule has 0 aliphatic carbocycles. The first-order valence-electron chi connectivity index (χ1n) is 7.55. The van der Waals surface area contributed by atoms with E-state index in [1.165, 1.54) is 0 Å². The molecule has 8 heteroatoms. The van der Waals surface area contributed by atoms with Crippen molar-refractivity contribution in [2.45, 2.75) is 26.3 Å². The lowest BCUT2D eigenvalue weighted by Gasteiger charge is -2.32. The van der Waals surface area contributed by atoms with Crippen LogP contribution in [-0.2, 0) is 9.59 Å². The molecule has 0 radical (unpaired) electrons. The van der Waals surface area contributed by atoms with E-state index in [0.717, 1.165) is 5.57 Å². The highest BCUT2D eigenvalue weighted by Crippen LogP contribution is 2.21. The Bertz CT molecular complexity index is 752. The molecule has 0 spiro atoms. The molecular formula is C16H19N5O3. The van der Waals surface area contributed by atoms with E-state index < -0.39 is 6.04 Å². The molecule has 0 aromatic heterocycles.